The van der Waals surface area contributed by atoms with Crippen molar-refractivity contribution < 1.29 is 26.9 Å². The second-order valence-corrected chi connectivity index (χ2v) is 5.36. The van der Waals surface area contributed by atoms with Gasteiger partial charge in [-0.2, -0.15) is 18.3 Å². The quantitative estimate of drug-likeness (QED) is 0.703. The number of Topliss-reactive ketones (excluding diaryl/α,β-unsaturated/α-hetero) is 1. The van der Waals surface area contributed by atoms with E-state index < -0.39 is 41.8 Å². The number of hydrogen-bond acceptors (Lipinski definition) is 4. The van der Waals surface area contributed by atoms with Crippen LogP contribution in [0.1, 0.15) is 37.6 Å². The number of nitrogens with zero attached hydrogens (tertiary/aromatic N) is 3. The van der Waals surface area contributed by atoms with Crippen molar-refractivity contribution in [3.63, 3.8) is 0 Å². The monoisotopic (exact) mass is 377 g/mol. The lowest BCUT2D eigenvalue weighted by atomic mass is 10.2. The minimum absolute atomic E-state index is 0.274. The largest absolute Gasteiger partial charge is 0.433 e. The van der Waals surface area contributed by atoms with E-state index in [2.05, 4.69) is 15.4 Å². The summed E-state index contributed by atoms with van der Waals surface area (Å²) in [5.74, 6) is -2.39. The molecule has 0 aliphatic rings. The Labute approximate surface area is 155 Å². The molecule has 1 amide bonds. The second kappa shape index (κ2) is 7.02. The molecule has 6 nitrogen and oxygen atoms in total. The molecule has 0 spiro atoms. The third-order valence-corrected chi connectivity index (χ3v) is 3.47. The van der Waals surface area contributed by atoms with Crippen LogP contribution in [-0.2, 0) is 6.18 Å². The van der Waals surface area contributed by atoms with Crippen molar-refractivity contribution in [1.82, 2.24) is 14.8 Å². The molecule has 0 saturated carbocycles. The van der Waals surface area contributed by atoms with Crippen molar-refractivity contribution in [2.24, 2.45) is 0 Å². The van der Waals surface area contributed by atoms with Crippen LogP contribution in [-0.4, -0.2) is 26.5 Å². The van der Waals surface area contributed by atoms with Gasteiger partial charge >= 0.3 is 6.18 Å². The fourth-order valence-corrected chi connectivity index (χ4v) is 2.25. The van der Waals surface area contributed by atoms with E-state index in [-0.39, 0.29) is 5.69 Å². The molecule has 138 valence electrons. The molecule has 0 aliphatic heterocycles. The van der Waals surface area contributed by atoms with Crippen molar-refractivity contribution in [3.05, 3.63) is 71.8 Å². The number of alkyl halides is 3. The zero-order valence-corrected chi connectivity index (χ0v) is 13.5. The lowest BCUT2D eigenvalue weighted by Crippen LogP contribution is -2.17. The standard InChI is InChI=1S/C18H13F3N4O2/c1-11(26)16-14(10-25(24-16)12-6-3-2-4-7-12)23-17(27)13-8-5-9-15(22-13)18(19,20)21/h2-10H,1H3,(H,23,27)/i1D3. The third kappa shape index (κ3) is 4.02. The number of nitrogens with one attached hydrogen (secondary N) is 1. The summed E-state index contributed by atoms with van der Waals surface area (Å²) in [5.41, 5.74) is -2.20. The molecule has 0 radical (unpaired) electrons. The average molecular weight is 377 g/mol. The molecule has 0 aliphatic carbocycles. The van der Waals surface area contributed by atoms with Crippen LogP contribution in [0.5, 0.6) is 0 Å². The number of pyridine rings is 1. The molecule has 3 aromatic rings. The maximum atomic E-state index is 12.8. The molecule has 27 heavy (non-hydrogen) atoms. The first kappa shape index (κ1) is 14.7. The van der Waals surface area contributed by atoms with Crippen molar-refractivity contribution in [3.8, 4) is 5.69 Å². The lowest BCUT2D eigenvalue weighted by Gasteiger charge is -2.08. The number of para-hydroxylation sites is 1. The molecular formula is C18H13F3N4O2. The van der Waals surface area contributed by atoms with Gasteiger partial charge in [0.2, 0.25) is 0 Å². The zero-order chi connectivity index (χ0) is 22.1. The van der Waals surface area contributed by atoms with Crippen LogP contribution in [0.3, 0.4) is 0 Å². The number of rotatable bonds is 4. The van der Waals surface area contributed by atoms with Crippen LogP contribution in [0, 0.1) is 0 Å². The number of halogens is 3. The molecule has 1 aromatic carbocycles. The summed E-state index contributed by atoms with van der Waals surface area (Å²) in [6.07, 6.45) is -3.56. The Morgan fingerprint density at radius 3 is 2.52 bits per heavy atom. The number of amides is 1. The minimum Gasteiger partial charge on any atom is -0.317 e. The van der Waals surface area contributed by atoms with Gasteiger partial charge < -0.3 is 5.32 Å². The molecule has 0 atom stereocenters. The van der Waals surface area contributed by atoms with Crippen molar-refractivity contribution in [2.45, 2.75) is 13.0 Å². The highest BCUT2D eigenvalue weighted by atomic mass is 19.4. The van der Waals surface area contributed by atoms with Gasteiger partial charge in [0.15, 0.2) is 11.5 Å². The van der Waals surface area contributed by atoms with Crippen molar-refractivity contribution >= 4 is 17.4 Å². The number of anilines is 1. The molecule has 9 heteroatoms. The Kier molecular flexibility index (Phi) is 3.81. The summed E-state index contributed by atoms with van der Waals surface area (Å²) in [4.78, 5) is 28.0. The Balaban J connectivity index is 1.99. The average Bonchev–Trinajstić information content (AvgIpc) is 3.10. The summed E-state index contributed by atoms with van der Waals surface area (Å²) in [6.45, 7) is -3.04. The highest BCUT2D eigenvalue weighted by Crippen LogP contribution is 2.27. The normalized spacial score (nSPS) is 13.4. The number of aromatic nitrogens is 3. The van der Waals surface area contributed by atoms with Gasteiger partial charge in [0, 0.05) is 11.0 Å². The van der Waals surface area contributed by atoms with Gasteiger partial charge in [-0.25, -0.2) is 9.67 Å². The molecule has 0 bridgehead atoms. The number of ketones is 1. The van der Waals surface area contributed by atoms with E-state index in [0.717, 1.165) is 12.1 Å². The van der Waals surface area contributed by atoms with E-state index in [1.165, 1.54) is 10.9 Å². The molecule has 0 unspecified atom stereocenters. The van der Waals surface area contributed by atoms with Gasteiger partial charge in [-0.1, -0.05) is 24.3 Å². The van der Waals surface area contributed by atoms with Gasteiger partial charge in [0.05, 0.1) is 17.6 Å². The Morgan fingerprint density at radius 1 is 1.11 bits per heavy atom. The van der Waals surface area contributed by atoms with E-state index in [1.807, 2.05) is 0 Å². The fraction of sp³-hybridized carbons (Fsp3) is 0.111. The van der Waals surface area contributed by atoms with Crippen LogP contribution in [0.2, 0.25) is 0 Å². The smallest absolute Gasteiger partial charge is 0.317 e. The van der Waals surface area contributed by atoms with E-state index in [1.54, 1.807) is 30.3 Å². The minimum atomic E-state index is -4.75. The summed E-state index contributed by atoms with van der Waals surface area (Å²) in [5, 5.41) is 6.17. The third-order valence-electron chi connectivity index (χ3n) is 3.47. The molecule has 2 heterocycles. The Hall–Kier alpha value is -3.49. The topological polar surface area (TPSA) is 76.9 Å². The Bertz CT molecular complexity index is 1100. The van der Waals surface area contributed by atoms with Crippen molar-refractivity contribution in [1.29, 1.82) is 0 Å². The number of carbonyl (C=O) groups is 2. The number of carbonyl (C=O) groups excluding carboxylic acids is 2. The van der Waals surface area contributed by atoms with E-state index in [0.29, 0.717) is 11.8 Å². The summed E-state index contributed by atoms with van der Waals surface area (Å²) in [7, 11) is 0. The highest BCUT2D eigenvalue weighted by Gasteiger charge is 2.33. The van der Waals surface area contributed by atoms with Crippen LogP contribution >= 0.6 is 0 Å². The summed E-state index contributed by atoms with van der Waals surface area (Å²) in [6, 6.07) is 11.1. The van der Waals surface area contributed by atoms with Crippen LogP contribution in [0.15, 0.2) is 54.7 Å². The Morgan fingerprint density at radius 2 is 1.85 bits per heavy atom. The first-order valence-corrected chi connectivity index (χ1v) is 7.52. The first-order chi connectivity index (χ1) is 14.0. The molecular weight excluding hydrogens is 361 g/mol. The molecule has 2 aromatic heterocycles. The first-order valence-electron chi connectivity index (χ1n) is 9.02. The SMILES string of the molecule is [2H]C([2H])([2H])C(=O)c1nn(-c2ccccc2)cc1NC(=O)c1cccc(C(F)(F)F)n1. The van der Waals surface area contributed by atoms with Gasteiger partial charge in [-0.3, -0.25) is 9.59 Å². The summed E-state index contributed by atoms with van der Waals surface area (Å²) >= 11 is 0. The molecule has 3 rings (SSSR count). The van der Waals surface area contributed by atoms with Gasteiger partial charge in [-0.05, 0) is 24.3 Å². The van der Waals surface area contributed by atoms with Crippen LogP contribution < -0.4 is 5.32 Å². The maximum Gasteiger partial charge on any atom is 0.433 e. The van der Waals surface area contributed by atoms with E-state index in [9.17, 15) is 22.8 Å². The van der Waals surface area contributed by atoms with Crippen molar-refractivity contribution in [2.75, 3.05) is 5.32 Å². The van der Waals surface area contributed by atoms with E-state index in [4.69, 9.17) is 4.11 Å². The predicted molar refractivity (Wildman–Crippen MR) is 90.8 cm³/mol. The highest BCUT2D eigenvalue weighted by molar-refractivity contribution is 6.07. The zero-order valence-electron chi connectivity index (χ0n) is 16.5. The van der Waals surface area contributed by atoms with Crippen LogP contribution in [0.4, 0.5) is 18.9 Å². The van der Waals surface area contributed by atoms with Gasteiger partial charge in [-0.15, -0.1) is 0 Å². The predicted octanol–water partition coefficient (Wildman–Crippen LogP) is 3.74. The van der Waals surface area contributed by atoms with Crippen LogP contribution in [0.25, 0.3) is 5.69 Å². The van der Waals surface area contributed by atoms with Gasteiger partial charge in [0.1, 0.15) is 11.4 Å². The molecule has 0 saturated heterocycles. The maximum absolute atomic E-state index is 12.8. The molecule has 1 N–H and O–H groups in total. The summed E-state index contributed by atoms with van der Waals surface area (Å²) < 4.78 is 61.6. The molecule has 0 fully saturated rings. The number of hydrogen-bond donors (Lipinski definition) is 1. The van der Waals surface area contributed by atoms with Gasteiger partial charge in [0.25, 0.3) is 5.91 Å². The second-order valence-electron chi connectivity index (χ2n) is 5.36. The lowest BCUT2D eigenvalue weighted by molar-refractivity contribution is -0.141. The fourth-order valence-electron chi connectivity index (χ4n) is 2.25. The number of benzene rings is 1. The van der Waals surface area contributed by atoms with E-state index >= 15 is 0 Å².